The molecule has 0 spiro atoms. The van der Waals surface area contributed by atoms with Gasteiger partial charge in [-0.15, -0.1) is 0 Å². The third-order valence-corrected chi connectivity index (χ3v) is 9.42. The van der Waals surface area contributed by atoms with Crippen molar-refractivity contribution in [1.29, 1.82) is 0 Å². The van der Waals surface area contributed by atoms with E-state index in [1.807, 2.05) is 50.2 Å². The predicted molar refractivity (Wildman–Crippen MR) is 205 cm³/mol. The Morgan fingerprint density at radius 3 is 1.33 bits per heavy atom. The van der Waals surface area contributed by atoms with Crippen molar-refractivity contribution in [2.45, 2.75) is 79.1 Å². The molecule has 254 valence electrons. The third kappa shape index (κ3) is 10.7. The van der Waals surface area contributed by atoms with Crippen LogP contribution in [-0.4, -0.2) is 25.0 Å². The number of aryl methyl sites for hydroxylation is 2. The number of benzene rings is 4. The molecular formula is C40H46Br2N2O4. The lowest BCUT2D eigenvalue weighted by Gasteiger charge is -2.14. The molecule has 0 radical (unpaired) electrons. The molecule has 48 heavy (non-hydrogen) atoms. The van der Waals surface area contributed by atoms with Gasteiger partial charge in [-0.2, -0.15) is 0 Å². The normalized spacial score (nSPS) is 10.9. The Balaban J connectivity index is 1.35. The molecule has 0 unspecified atom stereocenters. The van der Waals surface area contributed by atoms with Crippen LogP contribution in [0.2, 0.25) is 0 Å². The Morgan fingerprint density at radius 1 is 0.562 bits per heavy atom. The van der Waals surface area contributed by atoms with Gasteiger partial charge in [-0.1, -0.05) is 64.5 Å². The zero-order chi connectivity index (χ0) is 34.5. The smallest absolute Gasteiger partial charge is 0.255 e. The summed E-state index contributed by atoms with van der Waals surface area (Å²) in [6.45, 7) is 9.66. The molecule has 0 saturated carbocycles. The third-order valence-electron chi connectivity index (χ3n) is 8.18. The van der Waals surface area contributed by atoms with Crippen LogP contribution in [-0.2, 0) is 0 Å². The number of anilines is 2. The standard InChI is InChI=1S/C40H46Br2N2O4/c1-5-7-9-11-21-47-37-19-15-31(25-33(37)41)39(45)43-35-17-13-29(23-27(35)3)30-14-18-36(28(4)24-30)44-40(46)32-16-20-38(34(42)26-32)48-22-12-10-8-6-2/h13-20,23-26H,5-12,21-22H2,1-4H3,(H,43,45)(H,44,46). The predicted octanol–water partition coefficient (Wildman–Crippen LogP) is 11.9. The van der Waals surface area contributed by atoms with Crippen molar-refractivity contribution in [3.8, 4) is 22.6 Å². The van der Waals surface area contributed by atoms with Gasteiger partial charge >= 0.3 is 0 Å². The fourth-order valence-corrected chi connectivity index (χ4v) is 6.28. The summed E-state index contributed by atoms with van der Waals surface area (Å²) in [5.74, 6) is 1.11. The second-order valence-electron chi connectivity index (χ2n) is 12.1. The molecule has 2 N–H and O–H groups in total. The van der Waals surface area contributed by atoms with E-state index < -0.39 is 0 Å². The Bertz CT molecular complexity index is 1580. The highest BCUT2D eigenvalue weighted by Gasteiger charge is 2.14. The molecule has 8 heteroatoms. The fraction of sp³-hybridized carbons (Fsp3) is 0.350. The maximum absolute atomic E-state index is 13.1. The van der Waals surface area contributed by atoms with Crippen molar-refractivity contribution in [2.75, 3.05) is 23.8 Å². The Kier molecular flexibility index (Phi) is 14.6. The lowest BCUT2D eigenvalue weighted by Crippen LogP contribution is -2.13. The van der Waals surface area contributed by atoms with Gasteiger partial charge < -0.3 is 20.1 Å². The van der Waals surface area contributed by atoms with Crippen molar-refractivity contribution < 1.29 is 19.1 Å². The molecule has 2 amide bonds. The summed E-state index contributed by atoms with van der Waals surface area (Å²) in [7, 11) is 0. The number of amides is 2. The van der Waals surface area contributed by atoms with Crippen LogP contribution in [0.5, 0.6) is 11.5 Å². The van der Waals surface area contributed by atoms with Crippen LogP contribution in [0.1, 0.15) is 97.1 Å². The van der Waals surface area contributed by atoms with Gasteiger partial charge in [0.05, 0.1) is 22.2 Å². The topological polar surface area (TPSA) is 76.7 Å². The molecule has 4 aromatic carbocycles. The summed E-state index contributed by atoms with van der Waals surface area (Å²) in [4.78, 5) is 26.2. The number of hydrogen-bond donors (Lipinski definition) is 2. The van der Waals surface area contributed by atoms with Crippen LogP contribution in [0.4, 0.5) is 11.4 Å². The minimum Gasteiger partial charge on any atom is -0.492 e. The zero-order valence-electron chi connectivity index (χ0n) is 28.4. The van der Waals surface area contributed by atoms with Crippen LogP contribution in [0.25, 0.3) is 11.1 Å². The van der Waals surface area contributed by atoms with Gasteiger partial charge in [0.1, 0.15) is 11.5 Å². The summed E-state index contributed by atoms with van der Waals surface area (Å²) in [6, 6.07) is 22.8. The summed E-state index contributed by atoms with van der Waals surface area (Å²) in [5, 5.41) is 6.08. The first-order chi connectivity index (χ1) is 23.2. The molecular weight excluding hydrogens is 732 g/mol. The summed E-state index contributed by atoms with van der Waals surface area (Å²) < 4.78 is 13.3. The van der Waals surface area contributed by atoms with Crippen molar-refractivity contribution in [2.24, 2.45) is 0 Å². The van der Waals surface area contributed by atoms with Gasteiger partial charge in [-0.25, -0.2) is 0 Å². The SMILES string of the molecule is CCCCCCOc1ccc(C(=O)Nc2ccc(-c3ccc(NC(=O)c4ccc(OCCCCCC)c(Br)c4)c(C)c3)cc2C)cc1Br. The summed E-state index contributed by atoms with van der Waals surface area (Å²) in [6.07, 6.45) is 9.13. The summed E-state index contributed by atoms with van der Waals surface area (Å²) >= 11 is 7.11. The molecule has 0 aromatic heterocycles. The first kappa shape index (κ1) is 37.2. The van der Waals surface area contributed by atoms with E-state index in [1.165, 1.54) is 25.7 Å². The lowest BCUT2D eigenvalue weighted by atomic mass is 9.99. The maximum Gasteiger partial charge on any atom is 0.255 e. The van der Waals surface area contributed by atoms with Crippen molar-refractivity contribution in [1.82, 2.24) is 0 Å². The van der Waals surface area contributed by atoms with E-state index in [0.29, 0.717) is 24.3 Å². The van der Waals surface area contributed by atoms with Gasteiger partial charge in [-0.3, -0.25) is 9.59 Å². The Labute approximate surface area is 302 Å². The van der Waals surface area contributed by atoms with E-state index in [9.17, 15) is 9.59 Å². The number of nitrogens with one attached hydrogen (secondary N) is 2. The average Bonchev–Trinajstić information content (AvgIpc) is 3.07. The average molecular weight is 779 g/mol. The molecule has 0 bridgehead atoms. The highest BCUT2D eigenvalue weighted by Crippen LogP contribution is 2.31. The zero-order valence-corrected chi connectivity index (χ0v) is 31.6. The lowest BCUT2D eigenvalue weighted by molar-refractivity contribution is 0.101. The second kappa shape index (κ2) is 18.8. The van der Waals surface area contributed by atoms with Gasteiger partial charge in [0, 0.05) is 22.5 Å². The Hall–Kier alpha value is -3.62. The summed E-state index contributed by atoms with van der Waals surface area (Å²) in [5.41, 5.74) is 6.51. The molecule has 0 heterocycles. The van der Waals surface area contributed by atoms with E-state index >= 15 is 0 Å². The minimum atomic E-state index is -0.186. The first-order valence-corrected chi connectivity index (χ1v) is 18.5. The van der Waals surface area contributed by atoms with E-state index in [-0.39, 0.29) is 11.8 Å². The molecule has 0 saturated heterocycles. The molecule has 0 fully saturated rings. The minimum absolute atomic E-state index is 0.186. The van der Waals surface area contributed by atoms with Crippen LogP contribution < -0.4 is 20.1 Å². The molecule has 0 aliphatic heterocycles. The highest BCUT2D eigenvalue weighted by molar-refractivity contribution is 9.11. The van der Waals surface area contributed by atoms with Crippen LogP contribution in [0, 0.1) is 13.8 Å². The van der Waals surface area contributed by atoms with E-state index in [0.717, 1.165) is 79.8 Å². The largest absolute Gasteiger partial charge is 0.492 e. The van der Waals surface area contributed by atoms with Crippen LogP contribution >= 0.6 is 31.9 Å². The van der Waals surface area contributed by atoms with Crippen molar-refractivity contribution in [3.63, 3.8) is 0 Å². The number of ether oxygens (including phenoxy) is 2. The van der Waals surface area contributed by atoms with E-state index in [1.54, 1.807) is 24.3 Å². The number of carbonyl (C=O) groups is 2. The van der Waals surface area contributed by atoms with Gasteiger partial charge in [0.2, 0.25) is 0 Å². The van der Waals surface area contributed by atoms with Crippen molar-refractivity contribution >= 4 is 55.0 Å². The second-order valence-corrected chi connectivity index (χ2v) is 13.8. The molecule has 4 aromatic rings. The fourth-order valence-electron chi connectivity index (χ4n) is 5.30. The monoisotopic (exact) mass is 776 g/mol. The number of unbranched alkanes of at least 4 members (excludes halogenated alkanes) is 6. The van der Waals surface area contributed by atoms with Gasteiger partial charge in [0.25, 0.3) is 11.8 Å². The molecule has 0 aliphatic carbocycles. The number of carbonyl (C=O) groups excluding carboxylic acids is 2. The quantitative estimate of drug-likeness (QED) is 0.105. The molecule has 4 rings (SSSR count). The van der Waals surface area contributed by atoms with Gasteiger partial charge in [0.15, 0.2) is 0 Å². The molecule has 0 atom stereocenters. The highest BCUT2D eigenvalue weighted by atomic mass is 79.9. The van der Waals surface area contributed by atoms with Crippen molar-refractivity contribution in [3.05, 3.63) is 104 Å². The van der Waals surface area contributed by atoms with Gasteiger partial charge in [-0.05, 0) is 141 Å². The first-order valence-electron chi connectivity index (χ1n) is 16.9. The van der Waals surface area contributed by atoms with Crippen LogP contribution in [0.3, 0.4) is 0 Å². The van der Waals surface area contributed by atoms with E-state index in [2.05, 4.69) is 68.5 Å². The Morgan fingerprint density at radius 2 is 0.979 bits per heavy atom. The number of hydrogen-bond acceptors (Lipinski definition) is 4. The van der Waals surface area contributed by atoms with Crippen LogP contribution in [0.15, 0.2) is 81.7 Å². The number of rotatable bonds is 17. The number of halogens is 2. The molecule has 0 aliphatic rings. The molecule has 6 nitrogen and oxygen atoms in total. The van der Waals surface area contributed by atoms with E-state index in [4.69, 9.17) is 9.47 Å². The maximum atomic E-state index is 13.1.